The van der Waals surface area contributed by atoms with Gasteiger partial charge in [0, 0.05) is 0 Å². The quantitative estimate of drug-likeness (QED) is 0.324. The van der Waals surface area contributed by atoms with Gasteiger partial charge >= 0.3 is 5.97 Å². The van der Waals surface area contributed by atoms with E-state index in [-0.39, 0.29) is 5.97 Å². The summed E-state index contributed by atoms with van der Waals surface area (Å²) in [7, 11) is 0. The maximum Gasteiger partial charge on any atom is 0.343 e. The summed E-state index contributed by atoms with van der Waals surface area (Å²) in [5.41, 5.74) is 1.69. The van der Waals surface area contributed by atoms with Crippen molar-refractivity contribution in [3.05, 3.63) is 58.1 Å². The molecule has 0 N–H and O–H groups in total. The van der Waals surface area contributed by atoms with Gasteiger partial charge in [-0.1, -0.05) is 32.8 Å². The molecule has 0 unspecified atom stereocenters. The van der Waals surface area contributed by atoms with Crippen molar-refractivity contribution in [2.45, 2.75) is 39.5 Å². The summed E-state index contributed by atoms with van der Waals surface area (Å²) in [6, 6.07) is 12.8. The molecule has 0 aromatic heterocycles. The Morgan fingerprint density at radius 1 is 1.04 bits per heavy atom. The van der Waals surface area contributed by atoms with Crippen molar-refractivity contribution >= 4 is 21.9 Å². The molecular formula is C20H23BrO3. The second-order valence-corrected chi connectivity index (χ2v) is 6.44. The number of benzene rings is 2. The van der Waals surface area contributed by atoms with Crippen LogP contribution in [0.15, 0.2) is 46.9 Å². The molecule has 2 aromatic rings. The lowest BCUT2D eigenvalue weighted by molar-refractivity contribution is 0.0733. The zero-order valence-electron chi connectivity index (χ0n) is 14.2. The van der Waals surface area contributed by atoms with E-state index in [9.17, 15) is 4.79 Å². The molecule has 0 fully saturated rings. The van der Waals surface area contributed by atoms with E-state index >= 15 is 0 Å². The van der Waals surface area contributed by atoms with Crippen LogP contribution in [0.3, 0.4) is 0 Å². The SMILES string of the molecule is CCCCCOc1ccc(C(=O)Oc2ccc(CC)cc2Br)cc1. The second kappa shape index (κ2) is 9.48. The molecule has 24 heavy (non-hydrogen) atoms. The van der Waals surface area contributed by atoms with E-state index in [0.717, 1.165) is 29.5 Å². The van der Waals surface area contributed by atoms with E-state index < -0.39 is 0 Å². The van der Waals surface area contributed by atoms with Crippen molar-refractivity contribution < 1.29 is 14.3 Å². The summed E-state index contributed by atoms with van der Waals surface area (Å²) >= 11 is 3.44. The van der Waals surface area contributed by atoms with Gasteiger partial charge < -0.3 is 9.47 Å². The molecule has 0 spiro atoms. The molecule has 2 aromatic carbocycles. The number of carbonyl (C=O) groups excluding carboxylic acids is 1. The largest absolute Gasteiger partial charge is 0.494 e. The highest BCUT2D eigenvalue weighted by atomic mass is 79.9. The van der Waals surface area contributed by atoms with Crippen LogP contribution in [0, 0.1) is 0 Å². The number of hydrogen-bond donors (Lipinski definition) is 0. The Hall–Kier alpha value is -1.81. The van der Waals surface area contributed by atoms with Gasteiger partial charge in [-0.15, -0.1) is 0 Å². The van der Waals surface area contributed by atoms with Gasteiger partial charge in [0.15, 0.2) is 0 Å². The van der Waals surface area contributed by atoms with Gasteiger partial charge in [0.05, 0.1) is 16.6 Å². The summed E-state index contributed by atoms with van der Waals surface area (Å²) in [4.78, 5) is 12.2. The first kappa shape index (κ1) is 18.5. The standard InChI is InChI=1S/C20H23BrO3/c1-3-5-6-13-23-17-10-8-16(9-11-17)20(22)24-19-12-7-15(4-2)14-18(19)21/h7-12,14H,3-6,13H2,1-2H3. The second-order valence-electron chi connectivity index (χ2n) is 5.59. The van der Waals surface area contributed by atoms with Crippen LogP contribution in [0.5, 0.6) is 11.5 Å². The Morgan fingerprint density at radius 3 is 2.42 bits per heavy atom. The number of halogens is 1. The van der Waals surface area contributed by atoms with Crippen molar-refractivity contribution in [1.82, 2.24) is 0 Å². The highest BCUT2D eigenvalue weighted by Gasteiger charge is 2.11. The minimum atomic E-state index is -0.377. The molecule has 128 valence electrons. The van der Waals surface area contributed by atoms with Crippen molar-refractivity contribution in [2.75, 3.05) is 6.61 Å². The van der Waals surface area contributed by atoms with Gasteiger partial charge in [-0.05, 0) is 70.7 Å². The predicted molar refractivity (Wildman–Crippen MR) is 99.9 cm³/mol. The lowest BCUT2D eigenvalue weighted by Gasteiger charge is -2.09. The molecule has 0 aliphatic rings. The highest BCUT2D eigenvalue weighted by molar-refractivity contribution is 9.10. The number of hydrogen-bond acceptors (Lipinski definition) is 3. The number of aryl methyl sites for hydroxylation is 1. The molecule has 4 heteroatoms. The third-order valence-corrected chi connectivity index (χ3v) is 4.33. The summed E-state index contributed by atoms with van der Waals surface area (Å²) in [5.74, 6) is 0.922. The number of carbonyl (C=O) groups is 1. The first-order chi connectivity index (χ1) is 11.6. The molecule has 0 saturated heterocycles. The van der Waals surface area contributed by atoms with Gasteiger partial charge in [-0.25, -0.2) is 4.79 Å². The number of esters is 1. The maximum atomic E-state index is 12.2. The molecule has 0 aliphatic carbocycles. The predicted octanol–water partition coefficient (Wildman–Crippen LogP) is 5.80. The molecule has 0 amide bonds. The van der Waals surface area contributed by atoms with E-state index in [4.69, 9.17) is 9.47 Å². The average Bonchev–Trinajstić information content (AvgIpc) is 2.61. The monoisotopic (exact) mass is 390 g/mol. The lowest BCUT2D eigenvalue weighted by Crippen LogP contribution is -2.09. The number of unbranched alkanes of at least 4 members (excludes halogenated alkanes) is 2. The average molecular weight is 391 g/mol. The number of rotatable bonds is 8. The third-order valence-electron chi connectivity index (χ3n) is 3.71. The van der Waals surface area contributed by atoms with E-state index in [0.29, 0.717) is 17.9 Å². The summed E-state index contributed by atoms with van der Waals surface area (Å²) < 4.78 is 11.9. The van der Waals surface area contributed by atoms with E-state index in [1.54, 1.807) is 24.3 Å². The van der Waals surface area contributed by atoms with Gasteiger partial charge in [0.1, 0.15) is 11.5 Å². The van der Waals surface area contributed by atoms with Gasteiger partial charge in [0.2, 0.25) is 0 Å². The zero-order valence-corrected chi connectivity index (χ0v) is 15.8. The third kappa shape index (κ3) is 5.38. The molecule has 3 nitrogen and oxygen atoms in total. The molecule has 0 aliphatic heterocycles. The van der Waals surface area contributed by atoms with Crippen LogP contribution in [0.2, 0.25) is 0 Å². The lowest BCUT2D eigenvalue weighted by atomic mass is 10.2. The van der Waals surface area contributed by atoms with Crippen LogP contribution in [0.25, 0.3) is 0 Å². The van der Waals surface area contributed by atoms with E-state index in [1.807, 2.05) is 18.2 Å². The van der Waals surface area contributed by atoms with Crippen LogP contribution in [0.1, 0.15) is 49.0 Å². The molecular weight excluding hydrogens is 368 g/mol. The highest BCUT2D eigenvalue weighted by Crippen LogP contribution is 2.27. The Labute approximate surface area is 152 Å². The fourth-order valence-corrected chi connectivity index (χ4v) is 2.74. The Kier molecular flexibility index (Phi) is 7.32. The first-order valence-electron chi connectivity index (χ1n) is 8.37. The van der Waals surface area contributed by atoms with Crippen LogP contribution < -0.4 is 9.47 Å². The van der Waals surface area contributed by atoms with E-state index in [2.05, 4.69) is 29.8 Å². The Morgan fingerprint density at radius 2 is 1.79 bits per heavy atom. The van der Waals surface area contributed by atoms with Crippen LogP contribution in [-0.2, 0) is 6.42 Å². The first-order valence-corrected chi connectivity index (χ1v) is 9.16. The zero-order chi connectivity index (χ0) is 17.4. The van der Waals surface area contributed by atoms with Crippen molar-refractivity contribution in [3.63, 3.8) is 0 Å². The van der Waals surface area contributed by atoms with Crippen LogP contribution in [0.4, 0.5) is 0 Å². The molecule has 2 rings (SSSR count). The van der Waals surface area contributed by atoms with Crippen molar-refractivity contribution in [3.8, 4) is 11.5 Å². The number of ether oxygens (including phenoxy) is 2. The van der Waals surface area contributed by atoms with Gasteiger partial charge in [0.25, 0.3) is 0 Å². The molecule has 0 heterocycles. The van der Waals surface area contributed by atoms with Crippen LogP contribution >= 0.6 is 15.9 Å². The molecule has 0 radical (unpaired) electrons. The normalized spacial score (nSPS) is 10.5. The summed E-state index contributed by atoms with van der Waals surface area (Å²) in [6.45, 7) is 4.95. The Bertz CT molecular complexity index is 665. The smallest absolute Gasteiger partial charge is 0.343 e. The van der Waals surface area contributed by atoms with E-state index in [1.165, 1.54) is 12.0 Å². The Balaban J connectivity index is 1.95. The summed E-state index contributed by atoms with van der Waals surface area (Å²) in [6.07, 6.45) is 4.31. The fourth-order valence-electron chi connectivity index (χ4n) is 2.24. The van der Waals surface area contributed by atoms with Crippen LogP contribution in [-0.4, -0.2) is 12.6 Å². The minimum absolute atomic E-state index is 0.377. The van der Waals surface area contributed by atoms with Gasteiger partial charge in [-0.2, -0.15) is 0 Å². The molecule has 0 atom stereocenters. The molecule has 0 bridgehead atoms. The van der Waals surface area contributed by atoms with Gasteiger partial charge in [-0.3, -0.25) is 0 Å². The van der Waals surface area contributed by atoms with Crippen molar-refractivity contribution in [1.29, 1.82) is 0 Å². The fraction of sp³-hybridized carbons (Fsp3) is 0.350. The minimum Gasteiger partial charge on any atom is -0.494 e. The summed E-state index contributed by atoms with van der Waals surface area (Å²) in [5, 5.41) is 0. The maximum absolute atomic E-state index is 12.2. The topological polar surface area (TPSA) is 35.5 Å². The molecule has 0 saturated carbocycles. The van der Waals surface area contributed by atoms with Crippen molar-refractivity contribution in [2.24, 2.45) is 0 Å².